The molecule has 6 nitrogen and oxygen atoms in total. The van der Waals surface area contributed by atoms with Crippen LogP contribution in [0.5, 0.6) is 0 Å². The molecule has 0 radical (unpaired) electrons. The van der Waals surface area contributed by atoms with Gasteiger partial charge in [0.05, 0.1) is 27.5 Å². The predicted octanol–water partition coefficient (Wildman–Crippen LogP) is 3.73. The molecule has 0 aliphatic rings. The third-order valence-corrected chi connectivity index (χ3v) is 7.49. The van der Waals surface area contributed by atoms with E-state index in [-0.39, 0.29) is 29.4 Å². The quantitative estimate of drug-likeness (QED) is 0.469. The van der Waals surface area contributed by atoms with Crippen molar-refractivity contribution >= 4 is 37.3 Å². The van der Waals surface area contributed by atoms with Crippen LogP contribution < -0.4 is 4.80 Å². The maximum Gasteiger partial charge on any atom is 0.248 e. The summed E-state index contributed by atoms with van der Waals surface area (Å²) in [5.74, 6) is -0.388. The molecule has 1 amide bonds. The van der Waals surface area contributed by atoms with Gasteiger partial charge in [-0.15, -0.1) is 0 Å². The van der Waals surface area contributed by atoms with E-state index in [1.165, 1.54) is 11.3 Å². The smallest absolute Gasteiger partial charge is 0.248 e. The van der Waals surface area contributed by atoms with Crippen LogP contribution in [-0.2, 0) is 25.9 Å². The highest BCUT2D eigenvalue weighted by atomic mass is 32.2. The van der Waals surface area contributed by atoms with Crippen molar-refractivity contribution in [3.63, 3.8) is 0 Å². The Morgan fingerprint density at radius 3 is 2.67 bits per heavy atom. The van der Waals surface area contributed by atoms with Crippen molar-refractivity contribution in [3.05, 3.63) is 58.9 Å². The Morgan fingerprint density at radius 1 is 1.17 bits per heavy atom. The van der Waals surface area contributed by atoms with Crippen molar-refractivity contribution in [1.29, 1.82) is 0 Å². The summed E-state index contributed by atoms with van der Waals surface area (Å²) >= 11 is 1.46. The van der Waals surface area contributed by atoms with Crippen LogP contribution in [-0.4, -0.2) is 37.9 Å². The first-order chi connectivity index (χ1) is 14.4. The van der Waals surface area contributed by atoms with Gasteiger partial charge in [0.1, 0.15) is 0 Å². The molecule has 2 aromatic carbocycles. The Hall–Kier alpha value is -2.29. The largest absolute Gasteiger partial charge is 0.380 e. The molecule has 0 fully saturated rings. The molecule has 3 aromatic rings. The number of carbonyl (C=O) groups is 1. The van der Waals surface area contributed by atoms with E-state index >= 15 is 0 Å². The van der Waals surface area contributed by atoms with Gasteiger partial charge in [0, 0.05) is 19.6 Å². The normalized spacial score (nSPS) is 12.5. The molecule has 0 aliphatic carbocycles. The molecule has 0 unspecified atom stereocenters. The number of hydrogen-bond donors (Lipinski definition) is 0. The minimum absolute atomic E-state index is 0.0752. The molecule has 1 aromatic heterocycles. The van der Waals surface area contributed by atoms with E-state index in [0.29, 0.717) is 24.6 Å². The molecule has 3 rings (SSSR count). The third kappa shape index (κ3) is 5.65. The van der Waals surface area contributed by atoms with Crippen LogP contribution in [0.4, 0.5) is 0 Å². The van der Waals surface area contributed by atoms with E-state index in [2.05, 4.69) is 11.1 Å². The number of amides is 1. The number of ether oxygens (including phenoxy) is 1. The Bertz CT molecular complexity index is 1180. The molecule has 0 bridgehead atoms. The van der Waals surface area contributed by atoms with Gasteiger partial charge in [-0.2, -0.15) is 4.99 Å². The summed E-state index contributed by atoms with van der Waals surface area (Å²) in [4.78, 5) is 17.6. The molecule has 0 spiro atoms. The monoisotopic (exact) mass is 446 g/mol. The highest BCUT2D eigenvalue weighted by molar-refractivity contribution is 7.91. The lowest BCUT2D eigenvalue weighted by Crippen LogP contribution is -2.20. The number of carbonyl (C=O) groups excluding carboxylic acids is 1. The van der Waals surface area contributed by atoms with Gasteiger partial charge in [0.2, 0.25) is 5.91 Å². The van der Waals surface area contributed by atoms with Crippen molar-refractivity contribution < 1.29 is 17.9 Å². The van der Waals surface area contributed by atoms with Crippen LogP contribution in [0.25, 0.3) is 10.2 Å². The summed E-state index contributed by atoms with van der Waals surface area (Å²) in [6.07, 6.45) is 0.327. The number of sulfone groups is 1. The Kier molecular flexibility index (Phi) is 7.58. The van der Waals surface area contributed by atoms with Gasteiger partial charge in [-0.25, -0.2) is 8.42 Å². The third-order valence-electron chi connectivity index (χ3n) is 4.63. The molecule has 0 saturated heterocycles. The molecule has 160 valence electrons. The maximum atomic E-state index is 12.5. The number of aromatic nitrogens is 1. The summed E-state index contributed by atoms with van der Waals surface area (Å²) < 4.78 is 33.3. The van der Waals surface area contributed by atoms with Crippen LogP contribution in [0.3, 0.4) is 0 Å². The Balaban J connectivity index is 1.75. The van der Waals surface area contributed by atoms with Gasteiger partial charge >= 0.3 is 0 Å². The fourth-order valence-corrected chi connectivity index (χ4v) is 5.61. The van der Waals surface area contributed by atoms with Crippen molar-refractivity contribution in [2.24, 2.45) is 4.99 Å². The highest BCUT2D eigenvalue weighted by Gasteiger charge is 2.15. The lowest BCUT2D eigenvalue weighted by Gasteiger charge is -2.06. The number of hydrogen-bond acceptors (Lipinski definition) is 5. The van der Waals surface area contributed by atoms with E-state index in [9.17, 15) is 13.2 Å². The van der Waals surface area contributed by atoms with Crippen molar-refractivity contribution in [3.8, 4) is 0 Å². The second-order valence-corrected chi connectivity index (χ2v) is 10.1. The zero-order valence-electron chi connectivity index (χ0n) is 17.2. The Morgan fingerprint density at radius 2 is 1.93 bits per heavy atom. The zero-order chi connectivity index (χ0) is 21.6. The fraction of sp³-hybridized carbons (Fsp3) is 0.364. The van der Waals surface area contributed by atoms with Crippen LogP contribution in [0.2, 0.25) is 0 Å². The minimum atomic E-state index is -3.39. The van der Waals surface area contributed by atoms with Crippen LogP contribution >= 0.6 is 11.3 Å². The summed E-state index contributed by atoms with van der Waals surface area (Å²) in [5.41, 5.74) is 2.16. The number of fused-ring (bicyclic) bond motifs is 1. The average molecular weight is 447 g/mol. The fourth-order valence-electron chi connectivity index (χ4n) is 3.10. The van der Waals surface area contributed by atoms with Gasteiger partial charge in [0.15, 0.2) is 14.6 Å². The van der Waals surface area contributed by atoms with E-state index in [1.807, 2.05) is 30.5 Å². The summed E-state index contributed by atoms with van der Waals surface area (Å²) in [6, 6.07) is 14.4. The molecule has 0 N–H and O–H groups in total. The van der Waals surface area contributed by atoms with E-state index in [4.69, 9.17) is 4.74 Å². The summed E-state index contributed by atoms with van der Waals surface area (Å²) in [6.45, 7) is 5.73. The van der Waals surface area contributed by atoms with Crippen molar-refractivity contribution in [2.45, 2.75) is 38.1 Å². The number of benzene rings is 2. The SMILES string of the molecule is CCOCCn1c(=NC(=O)CCCS(=O)(=O)c2ccccc2)sc2cc(C)ccc21. The van der Waals surface area contributed by atoms with Crippen LogP contribution in [0.15, 0.2) is 58.4 Å². The molecule has 30 heavy (non-hydrogen) atoms. The zero-order valence-corrected chi connectivity index (χ0v) is 18.8. The van der Waals surface area contributed by atoms with Gasteiger partial charge in [-0.3, -0.25) is 4.79 Å². The maximum absolute atomic E-state index is 12.5. The van der Waals surface area contributed by atoms with Crippen molar-refractivity contribution in [2.75, 3.05) is 19.0 Å². The first-order valence-corrected chi connectivity index (χ1v) is 12.4. The first-order valence-electron chi connectivity index (χ1n) is 9.94. The number of nitrogens with zero attached hydrogens (tertiary/aromatic N) is 2. The molecule has 0 saturated carbocycles. The van der Waals surface area contributed by atoms with Crippen LogP contribution in [0.1, 0.15) is 25.3 Å². The lowest BCUT2D eigenvalue weighted by atomic mass is 10.2. The average Bonchev–Trinajstić information content (AvgIpc) is 3.04. The predicted molar refractivity (Wildman–Crippen MR) is 119 cm³/mol. The van der Waals surface area contributed by atoms with E-state index in [0.717, 1.165) is 15.8 Å². The summed E-state index contributed by atoms with van der Waals surface area (Å²) in [5, 5.41) is 0. The second kappa shape index (κ2) is 10.1. The number of aryl methyl sites for hydroxylation is 1. The van der Waals surface area contributed by atoms with Gasteiger partial charge in [0.25, 0.3) is 0 Å². The molecular formula is C22H26N2O4S2. The molecule has 0 aliphatic heterocycles. The van der Waals surface area contributed by atoms with Gasteiger partial charge in [-0.1, -0.05) is 35.6 Å². The Labute approximate surface area is 180 Å². The molecular weight excluding hydrogens is 420 g/mol. The number of thiazole rings is 1. The molecule has 8 heteroatoms. The molecule has 0 atom stereocenters. The number of rotatable bonds is 9. The van der Waals surface area contributed by atoms with Gasteiger partial charge < -0.3 is 9.30 Å². The second-order valence-electron chi connectivity index (χ2n) is 6.95. The minimum Gasteiger partial charge on any atom is -0.380 e. The van der Waals surface area contributed by atoms with E-state index < -0.39 is 9.84 Å². The van der Waals surface area contributed by atoms with E-state index in [1.54, 1.807) is 30.3 Å². The molecule has 1 heterocycles. The highest BCUT2D eigenvalue weighted by Crippen LogP contribution is 2.19. The van der Waals surface area contributed by atoms with Crippen molar-refractivity contribution in [1.82, 2.24) is 4.57 Å². The van der Waals surface area contributed by atoms with Crippen LogP contribution in [0, 0.1) is 6.92 Å². The standard InChI is InChI=1S/C22H26N2O4S2/c1-3-28-14-13-24-19-12-11-17(2)16-20(19)29-22(24)23-21(25)10-7-15-30(26,27)18-8-5-4-6-9-18/h4-6,8-9,11-12,16H,3,7,10,13-15H2,1-2H3. The topological polar surface area (TPSA) is 77.7 Å². The lowest BCUT2D eigenvalue weighted by molar-refractivity contribution is -0.118. The van der Waals surface area contributed by atoms with Gasteiger partial charge in [-0.05, 0) is 50.1 Å². The summed E-state index contributed by atoms with van der Waals surface area (Å²) in [7, 11) is -3.39. The first kappa shape index (κ1) is 22.4.